The smallest absolute Gasteiger partial charge is 0.153 e. The van der Waals surface area contributed by atoms with E-state index >= 15 is 0 Å². The minimum atomic E-state index is -0.250. The predicted octanol–water partition coefficient (Wildman–Crippen LogP) is 3.37. The highest BCUT2D eigenvalue weighted by molar-refractivity contribution is 7.97. The van der Waals surface area contributed by atoms with Crippen LogP contribution in [-0.4, -0.2) is 72.9 Å². The summed E-state index contributed by atoms with van der Waals surface area (Å²) in [4.78, 5) is 4.19. The Balaban J connectivity index is 1.33. The van der Waals surface area contributed by atoms with E-state index in [4.69, 9.17) is 4.74 Å². The van der Waals surface area contributed by atoms with Crippen LogP contribution < -0.4 is 0 Å². The van der Waals surface area contributed by atoms with Crippen molar-refractivity contribution < 1.29 is 9.13 Å². The molecule has 8 nitrogen and oxygen atoms in total. The number of aryl methyl sites for hydroxylation is 2. The van der Waals surface area contributed by atoms with E-state index in [1.54, 1.807) is 28.9 Å². The molecule has 2 saturated heterocycles. The zero-order valence-corrected chi connectivity index (χ0v) is 20.0. The topological polar surface area (TPSA) is 64.2 Å². The van der Waals surface area contributed by atoms with Gasteiger partial charge in [-0.15, -0.1) is 5.10 Å². The summed E-state index contributed by atoms with van der Waals surface area (Å²) in [5, 5.41) is 15.2. The van der Waals surface area contributed by atoms with Gasteiger partial charge in [-0.05, 0) is 66.4 Å². The van der Waals surface area contributed by atoms with Gasteiger partial charge in [-0.1, -0.05) is 0 Å². The minimum absolute atomic E-state index is 0.241. The van der Waals surface area contributed by atoms with Crippen LogP contribution in [0.3, 0.4) is 0 Å². The molecule has 6 rings (SSSR count). The molecule has 0 radical (unpaired) electrons. The van der Waals surface area contributed by atoms with Crippen LogP contribution in [0, 0.1) is 12.7 Å². The van der Waals surface area contributed by atoms with Gasteiger partial charge in [0.2, 0.25) is 0 Å². The lowest BCUT2D eigenvalue weighted by atomic mass is 9.95. The van der Waals surface area contributed by atoms with Crippen LogP contribution in [0.1, 0.15) is 17.2 Å². The molecular formula is C24H26FN7OS. The van der Waals surface area contributed by atoms with Crippen molar-refractivity contribution in [1.82, 2.24) is 34.0 Å². The lowest BCUT2D eigenvalue weighted by Crippen LogP contribution is -2.56. The van der Waals surface area contributed by atoms with Gasteiger partial charge in [0.15, 0.2) is 5.03 Å². The van der Waals surface area contributed by atoms with Crippen LogP contribution in [0.2, 0.25) is 0 Å². The van der Waals surface area contributed by atoms with Gasteiger partial charge in [0.1, 0.15) is 5.82 Å². The third-order valence-electron chi connectivity index (χ3n) is 6.66. The Labute approximate surface area is 201 Å². The molecule has 0 N–H and O–H groups in total. The monoisotopic (exact) mass is 479 g/mol. The van der Waals surface area contributed by atoms with Crippen molar-refractivity contribution in [2.75, 3.05) is 32.8 Å². The fraction of sp³-hybridized carbons (Fsp3) is 0.375. The Kier molecular flexibility index (Phi) is 5.60. The third-order valence-corrected chi connectivity index (χ3v) is 7.63. The summed E-state index contributed by atoms with van der Waals surface area (Å²) in [6, 6.07) is 11.6. The predicted molar refractivity (Wildman–Crippen MR) is 128 cm³/mol. The second-order valence-electron chi connectivity index (χ2n) is 8.90. The molecule has 0 saturated carbocycles. The minimum Gasteiger partial charge on any atom is -0.378 e. The van der Waals surface area contributed by atoms with E-state index < -0.39 is 0 Å². The normalized spacial score (nSPS) is 20.1. The molecule has 4 heterocycles. The molecule has 10 heteroatoms. The molecule has 0 amide bonds. The number of halogens is 1. The Bertz CT molecular complexity index is 1320. The van der Waals surface area contributed by atoms with E-state index in [9.17, 15) is 4.39 Å². The van der Waals surface area contributed by atoms with E-state index in [-0.39, 0.29) is 11.9 Å². The van der Waals surface area contributed by atoms with Gasteiger partial charge in [0.25, 0.3) is 0 Å². The van der Waals surface area contributed by atoms with E-state index in [1.165, 1.54) is 23.3 Å². The summed E-state index contributed by atoms with van der Waals surface area (Å²) in [6.07, 6.45) is 3.71. The summed E-state index contributed by atoms with van der Waals surface area (Å²) >= 11 is 1.67. The van der Waals surface area contributed by atoms with Crippen molar-refractivity contribution >= 4 is 22.9 Å². The molecule has 2 aromatic carbocycles. The first-order chi connectivity index (χ1) is 16.5. The van der Waals surface area contributed by atoms with Crippen LogP contribution in [0.25, 0.3) is 16.6 Å². The van der Waals surface area contributed by atoms with E-state index in [0.29, 0.717) is 6.04 Å². The van der Waals surface area contributed by atoms with Crippen LogP contribution in [-0.2, 0) is 11.8 Å². The SMILES string of the molecule is Cc1cc2c(cnn2-c2ccc(F)cc2)cc1C1CN(Sc2cnn(C)n2)CCN1C1COC1. The fourth-order valence-electron chi connectivity index (χ4n) is 4.83. The number of rotatable bonds is 5. The maximum absolute atomic E-state index is 13.4. The first kappa shape index (κ1) is 21.7. The number of ether oxygens (including phenoxy) is 1. The quantitative estimate of drug-likeness (QED) is 0.407. The summed E-state index contributed by atoms with van der Waals surface area (Å²) in [5.41, 5.74) is 4.40. The molecule has 2 aliphatic rings. The van der Waals surface area contributed by atoms with Gasteiger partial charge in [0.05, 0.1) is 42.9 Å². The average Bonchev–Trinajstić information content (AvgIpc) is 3.39. The summed E-state index contributed by atoms with van der Waals surface area (Å²) < 4.78 is 23.2. The maximum Gasteiger partial charge on any atom is 0.153 e. The standard InChI is InChI=1S/C24H26FN7OS/c1-16-9-22-17(11-27-32(22)19-5-3-18(25)4-6-19)10-21(16)23-13-30(34-24-12-26-29(2)28-24)7-8-31(23)20-14-33-15-20/h3-6,9-12,20,23H,7-8,13-15H2,1-2H3. The van der Waals surface area contributed by atoms with Crippen molar-refractivity contribution in [2.24, 2.45) is 7.05 Å². The fourth-order valence-corrected chi connectivity index (χ4v) is 5.73. The summed E-state index contributed by atoms with van der Waals surface area (Å²) in [6.45, 7) is 6.56. The third kappa shape index (κ3) is 4.00. The van der Waals surface area contributed by atoms with Gasteiger partial charge in [-0.2, -0.15) is 15.0 Å². The summed E-state index contributed by atoms with van der Waals surface area (Å²) in [7, 11) is 1.84. The first-order valence-electron chi connectivity index (χ1n) is 11.4. The molecule has 34 heavy (non-hydrogen) atoms. The van der Waals surface area contributed by atoms with Gasteiger partial charge in [-0.3, -0.25) is 4.90 Å². The highest BCUT2D eigenvalue weighted by Crippen LogP contribution is 2.36. The molecule has 0 bridgehead atoms. The number of piperazine rings is 1. The number of fused-ring (bicyclic) bond motifs is 1. The number of hydrogen-bond donors (Lipinski definition) is 0. The Morgan fingerprint density at radius 2 is 1.88 bits per heavy atom. The molecule has 0 spiro atoms. The van der Waals surface area contributed by atoms with Crippen molar-refractivity contribution in [3.8, 4) is 5.69 Å². The lowest BCUT2D eigenvalue weighted by Gasteiger charge is -2.47. The van der Waals surface area contributed by atoms with Crippen molar-refractivity contribution in [2.45, 2.75) is 24.0 Å². The van der Waals surface area contributed by atoms with Gasteiger partial charge < -0.3 is 4.74 Å². The highest BCUT2D eigenvalue weighted by atomic mass is 32.2. The van der Waals surface area contributed by atoms with E-state index in [1.807, 2.05) is 24.1 Å². The molecule has 2 aliphatic heterocycles. The molecule has 0 aliphatic carbocycles. The molecule has 2 aromatic heterocycles. The first-order valence-corrected chi connectivity index (χ1v) is 12.2. The number of benzene rings is 2. The number of hydrogen-bond acceptors (Lipinski definition) is 7. The van der Waals surface area contributed by atoms with Crippen LogP contribution in [0.15, 0.2) is 53.8 Å². The van der Waals surface area contributed by atoms with Crippen LogP contribution >= 0.6 is 11.9 Å². The molecular weight excluding hydrogens is 453 g/mol. The number of aromatic nitrogens is 5. The molecule has 176 valence electrons. The van der Waals surface area contributed by atoms with Gasteiger partial charge in [-0.25, -0.2) is 13.4 Å². The van der Waals surface area contributed by atoms with Crippen molar-refractivity contribution in [3.63, 3.8) is 0 Å². The molecule has 1 unspecified atom stereocenters. The van der Waals surface area contributed by atoms with Crippen LogP contribution in [0.5, 0.6) is 0 Å². The van der Waals surface area contributed by atoms with Gasteiger partial charge in [0, 0.05) is 38.1 Å². The average molecular weight is 480 g/mol. The van der Waals surface area contributed by atoms with Gasteiger partial charge >= 0.3 is 0 Å². The Morgan fingerprint density at radius 1 is 1.06 bits per heavy atom. The Hall–Kier alpha value is -2.79. The zero-order valence-electron chi connectivity index (χ0n) is 19.1. The molecule has 1 atom stereocenters. The van der Waals surface area contributed by atoms with E-state index in [2.05, 4.69) is 43.6 Å². The lowest BCUT2D eigenvalue weighted by molar-refractivity contribution is -0.0906. The Morgan fingerprint density at radius 3 is 2.59 bits per heavy atom. The second kappa shape index (κ2) is 8.77. The zero-order chi connectivity index (χ0) is 23.2. The van der Waals surface area contributed by atoms with E-state index in [0.717, 1.165) is 54.5 Å². The van der Waals surface area contributed by atoms with Crippen LogP contribution in [0.4, 0.5) is 4.39 Å². The summed E-state index contributed by atoms with van der Waals surface area (Å²) in [5.74, 6) is -0.250. The second-order valence-corrected chi connectivity index (χ2v) is 10.0. The largest absolute Gasteiger partial charge is 0.378 e. The highest BCUT2D eigenvalue weighted by Gasteiger charge is 2.37. The molecule has 2 fully saturated rings. The van der Waals surface area contributed by atoms with Crippen molar-refractivity contribution in [1.29, 1.82) is 0 Å². The number of nitrogens with zero attached hydrogens (tertiary/aromatic N) is 7. The maximum atomic E-state index is 13.4. The molecule has 4 aromatic rings. The van der Waals surface area contributed by atoms with Crippen molar-refractivity contribution in [3.05, 3.63) is 65.7 Å².